The normalized spacial score (nSPS) is 11.3. The molecule has 2 aromatic carbocycles. The number of aromatic nitrogens is 6. The van der Waals surface area contributed by atoms with Crippen molar-refractivity contribution in [3.8, 4) is 17.1 Å². The van der Waals surface area contributed by atoms with E-state index < -0.39 is 0 Å². The Bertz CT molecular complexity index is 1460. The van der Waals surface area contributed by atoms with Gasteiger partial charge in [-0.2, -0.15) is 10.1 Å². The van der Waals surface area contributed by atoms with Crippen molar-refractivity contribution in [3.63, 3.8) is 0 Å². The zero-order valence-corrected chi connectivity index (χ0v) is 17.5. The van der Waals surface area contributed by atoms with Crippen LogP contribution in [0.5, 0.6) is 0 Å². The third-order valence-electron chi connectivity index (χ3n) is 4.89. The Hall–Kier alpha value is -3.78. The zero-order valence-electron chi connectivity index (χ0n) is 16.8. The summed E-state index contributed by atoms with van der Waals surface area (Å²) >= 11 is 6.19. The van der Waals surface area contributed by atoms with Gasteiger partial charge in [-0.05, 0) is 49.2 Å². The van der Waals surface area contributed by atoms with Gasteiger partial charge in [-0.25, -0.2) is 9.67 Å². The molecular weight excluding hydrogens is 416 g/mol. The van der Waals surface area contributed by atoms with Crippen LogP contribution in [-0.2, 0) is 6.54 Å². The van der Waals surface area contributed by atoms with E-state index in [2.05, 4.69) is 26.3 Å². The second-order valence-corrected chi connectivity index (χ2v) is 7.72. The standard InChI is InChI=1S/C22H17ClN6O2/c1-13-7-14(2)9-15(8-13)29-20-17(10-25-29)22(30)28(12-24-20)11-19-26-21(31-27-19)16-5-3-4-6-18(16)23/h3-10,12H,11H2,1-2H3. The smallest absolute Gasteiger partial charge is 0.264 e. The van der Waals surface area contributed by atoms with Gasteiger partial charge in [-0.1, -0.05) is 35.0 Å². The lowest BCUT2D eigenvalue weighted by Gasteiger charge is -2.07. The van der Waals surface area contributed by atoms with E-state index >= 15 is 0 Å². The van der Waals surface area contributed by atoms with Crippen molar-refractivity contribution in [3.05, 3.63) is 87.3 Å². The summed E-state index contributed by atoms with van der Waals surface area (Å²) in [5.41, 5.74) is 3.98. The lowest BCUT2D eigenvalue weighted by atomic mass is 10.1. The number of halogens is 1. The summed E-state index contributed by atoms with van der Waals surface area (Å²) in [6.07, 6.45) is 3.00. The van der Waals surface area contributed by atoms with Crippen LogP contribution in [0.25, 0.3) is 28.2 Å². The summed E-state index contributed by atoms with van der Waals surface area (Å²) in [7, 11) is 0. The number of benzene rings is 2. The SMILES string of the molecule is Cc1cc(C)cc(-n2ncc3c(=O)n(Cc4noc(-c5ccccc5Cl)n4)cnc32)c1. The fourth-order valence-electron chi connectivity index (χ4n) is 3.54. The van der Waals surface area contributed by atoms with Crippen molar-refractivity contribution in [1.82, 2.24) is 29.5 Å². The molecule has 0 bridgehead atoms. The summed E-state index contributed by atoms with van der Waals surface area (Å²) in [5, 5.41) is 9.28. The molecule has 3 aromatic heterocycles. The van der Waals surface area contributed by atoms with Crippen molar-refractivity contribution in [1.29, 1.82) is 0 Å². The van der Waals surface area contributed by atoms with Crippen LogP contribution in [0.3, 0.4) is 0 Å². The molecule has 9 heteroatoms. The Morgan fingerprint density at radius 2 is 1.87 bits per heavy atom. The molecule has 0 spiro atoms. The molecule has 0 N–H and O–H groups in total. The predicted octanol–water partition coefficient (Wildman–Crippen LogP) is 3.95. The molecule has 0 saturated heterocycles. The minimum absolute atomic E-state index is 0.116. The summed E-state index contributed by atoms with van der Waals surface area (Å²) in [4.78, 5) is 21.8. The van der Waals surface area contributed by atoms with E-state index in [-0.39, 0.29) is 12.1 Å². The minimum Gasteiger partial charge on any atom is -0.334 e. The van der Waals surface area contributed by atoms with Crippen LogP contribution in [0.2, 0.25) is 5.02 Å². The lowest BCUT2D eigenvalue weighted by Crippen LogP contribution is -2.21. The van der Waals surface area contributed by atoms with Gasteiger partial charge in [-0.15, -0.1) is 0 Å². The van der Waals surface area contributed by atoms with Crippen molar-refractivity contribution in [2.75, 3.05) is 0 Å². The molecule has 0 radical (unpaired) electrons. The van der Waals surface area contributed by atoms with Gasteiger partial charge in [0.2, 0.25) is 0 Å². The highest BCUT2D eigenvalue weighted by atomic mass is 35.5. The van der Waals surface area contributed by atoms with Gasteiger partial charge >= 0.3 is 0 Å². The maximum absolute atomic E-state index is 13.0. The molecule has 0 amide bonds. The third kappa shape index (κ3) is 3.51. The number of fused-ring (bicyclic) bond motifs is 1. The van der Waals surface area contributed by atoms with Gasteiger partial charge in [0.05, 0.1) is 29.0 Å². The maximum Gasteiger partial charge on any atom is 0.264 e. The van der Waals surface area contributed by atoms with E-state index in [0.717, 1.165) is 16.8 Å². The van der Waals surface area contributed by atoms with Crippen LogP contribution in [0.4, 0.5) is 0 Å². The highest BCUT2D eigenvalue weighted by Crippen LogP contribution is 2.26. The molecule has 0 aliphatic rings. The van der Waals surface area contributed by atoms with Crippen LogP contribution in [0, 0.1) is 13.8 Å². The molecule has 5 rings (SSSR count). The average molecular weight is 433 g/mol. The van der Waals surface area contributed by atoms with Crippen LogP contribution >= 0.6 is 11.6 Å². The molecule has 31 heavy (non-hydrogen) atoms. The van der Waals surface area contributed by atoms with Gasteiger partial charge < -0.3 is 4.52 Å². The fraction of sp³-hybridized carbons (Fsp3) is 0.136. The quantitative estimate of drug-likeness (QED) is 0.427. The van der Waals surface area contributed by atoms with Crippen molar-refractivity contribution in [2.24, 2.45) is 0 Å². The van der Waals surface area contributed by atoms with Gasteiger partial charge in [0.25, 0.3) is 11.4 Å². The molecule has 0 fully saturated rings. The molecule has 154 valence electrons. The third-order valence-corrected chi connectivity index (χ3v) is 5.22. The first-order chi connectivity index (χ1) is 15.0. The van der Waals surface area contributed by atoms with E-state index in [1.54, 1.807) is 16.8 Å². The summed E-state index contributed by atoms with van der Waals surface area (Å²) in [6.45, 7) is 4.15. The molecule has 0 aliphatic carbocycles. The Kier molecular flexibility index (Phi) is 4.63. The Morgan fingerprint density at radius 3 is 2.65 bits per heavy atom. The minimum atomic E-state index is -0.232. The summed E-state index contributed by atoms with van der Waals surface area (Å²) < 4.78 is 8.42. The number of rotatable bonds is 4. The first-order valence-electron chi connectivity index (χ1n) is 9.59. The largest absolute Gasteiger partial charge is 0.334 e. The summed E-state index contributed by atoms with van der Waals surface area (Å²) in [5.74, 6) is 0.644. The topological polar surface area (TPSA) is 91.6 Å². The van der Waals surface area contributed by atoms with Gasteiger partial charge in [0, 0.05) is 0 Å². The molecule has 0 unspecified atom stereocenters. The molecule has 5 aromatic rings. The average Bonchev–Trinajstić information content (AvgIpc) is 3.37. The maximum atomic E-state index is 13.0. The molecule has 0 aliphatic heterocycles. The number of aryl methyl sites for hydroxylation is 2. The van der Waals surface area contributed by atoms with Gasteiger partial charge in [0.15, 0.2) is 11.5 Å². The Labute approximate surface area is 181 Å². The van der Waals surface area contributed by atoms with Crippen molar-refractivity contribution < 1.29 is 4.52 Å². The molecule has 8 nitrogen and oxygen atoms in total. The molecule has 0 atom stereocenters. The van der Waals surface area contributed by atoms with Crippen LogP contribution in [-0.4, -0.2) is 29.5 Å². The fourth-order valence-corrected chi connectivity index (χ4v) is 3.75. The highest BCUT2D eigenvalue weighted by Gasteiger charge is 2.15. The van der Waals surface area contributed by atoms with Gasteiger partial charge in [0.1, 0.15) is 11.7 Å². The second-order valence-electron chi connectivity index (χ2n) is 7.31. The van der Waals surface area contributed by atoms with E-state index in [4.69, 9.17) is 16.1 Å². The highest BCUT2D eigenvalue weighted by molar-refractivity contribution is 6.33. The number of nitrogens with zero attached hydrogens (tertiary/aromatic N) is 6. The monoisotopic (exact) mass is 432 g/mol. The number of hydrogen-bond donors (Lipinski definition) is 0. The Morgan fingerprint density at radius 1 is 1.10 bits per heavy atom. The van der Waals surface area contributed by atoms with E-state index in [1.165, 1.54) is 17.1 Å². The Balaban J connectivity index is 1.49. The first-order valence-corrected chi connectivity index (χ1v) is 9.97. The lowest BCUT2D eigenvalue weighted by molar-refractivity contribution is 0.420. The van der Waals surface area contributed by atoms with E-state index in [0.29, 0.717) is 33.3 Å². The van der Waals surface area contributed by atoms with Crippen LogP contribution in [0.15, 0.2) is 64.3 Å². The van der Waals surface area contributed by atoms with Crippen LogP contribution in [0.1, 0.15) is 17.0 Å². The van der Waals surface area contributed by atoms with E-state index in [9.17, 15) is 4.79 Å². The predicted molar refractivity (Wildman–Crippen MR) is 116 cm³/mol. The van der Waals surface area contributed by atoms with Crippen molar-refractivity contribution >= 4 is 22.6 Å². The van der Waals surface area contributed by atoms with Crippen molar-refractivity contribution in [2.45, 2.75) is 20.4 Å². The zero-order chi connectivity index (χ0) is 21.5. The second kappa shape index (κ2) is 7.48. The number of hydrogen-bond acceptors (Lipinski definition) is 6. The summed E-state index contributed by atoms with van der Waals surface area (Å²) in [6, 6.07) is 13.3. The first kappa shape index (κ1) is 19.2. The molecule has 3 heterocycles. The molecule has 0 saturated carbocycles. The van der Waals surface area contributed by atoms with E-state index in [1.807, 2.05) is 38.1 Å². The molecular formula is C22H17ClN6O2. The van der Waals surface area contributed by atoms with Crippen LogP contribution < -0.4 is 5.56 Å². The van der Waals surface area contributed by atoms with Gasteiger partial charge in [-0.3, -0.25) is 9.36 Å².